The van der Waals surface area contributed by atoms with Crippen LogP contribution in [0.5, 0.6) is 0 Å². The first kappa shape index (κ1) is 16.5. The molecule has 0 amide bonds. The Morgan fingerprint density at radius 2 is 1.84 bits per heavy atom. The average Bonchev–Trinajstić information content (AvgIpc) is 2.61. The molecule has 1 fully saturated rings. The summed E-state index contributed by atoms with van der Waals surface area (Å²) >= 11 is 12.1. The van der Waals surface area contributed by atoms with E-state index in [4.69, 9.17) is 27.9 Å². The van der Waals surface area contributed by atoms with Crippen molar-refractivity contribution in [2.75, 3.05) is 24.7 Å². The third-order valence-corrected chi connectivity index (χ3v) is 4.71. The molecule has 1 atom stereocenters. The average molecular weight is 375 g/mol. The molecule has 0 saturated carbocycles. The second kappa shape index (κ2) is 6.75. The molecule has 0 spiro atoms. The molecule has 25 heavy (non-hydrogen) atoms. The Labute approximate surface area is 155 Å². The van der Waals surface area contributed by atoms with Gasteiger partial charge < -0.3 is 9.64 Å². The molecule has 3 aromatic rings. The van der Waals surface area contributed by atoms with Crippen molar-refractivity contribution in [2.24, 2.45) is 0 Å². The number of nitrogens with zero attached hydrogens (tertiary/aromatic N) is 4. The fourth-order valence-electron chi connectivity index (χ4n) is 3.01. The van der Waals surface area contributed by atoms with Gasteiger partial charge in [0.15, 0.2) is 5.65 Å². The standard InChI is InChI=1S/C18H16Cl2N4O/c1-11-10-25-9-8-24(11)17-14-6-7-15(12-2-4-13(19)5-3-12)21-16(14)22-18(20)23-17/h2-7,11H,8-10H2,1H3. The molecule has 1 unspecified atom stereocenters. The van der Waals surface area contributed by atoms with Gasteiger partial charge in [-0.25, -0.2) is 4.98 Å². The third kappa shape index (κ3) is 3.27. The number of fused-ring (bicyclic) bond motifs is 1. The van der Waals surface area contributed by atoms with E-state index in [0.717, 1.165) is 29.0 Å². The van der Waals surface area contributed by atoms with Crippen LogP contribution in [0, 0.1) is 0 Å². The summed E-state index contributed by atoms with van der Waals surface area (Å²) in [5, 5.41) is 1.77. The maximum absolute atomic E-state index is 6.17. The van der Waals surface area contributed by atoms with Crippen molar-refractivity contribution in [3.63, 3.8) is 0 Å². The molecule has 0 radical (unpaired) electrons. The van der Waals surface area contributed by atoms with Crippen LogP contribution in [0.2, 0.25) is 10.3 Å². The van der Waals surface area contributed by atoms with Crippen molar-refractivity contribution in [1.29, 1.82) is 0 Å². The minimum absolute atomic E-state index is 0.196. The highest BCUT2D eigenvalue weighted by Gasteiger charge is 2.23. The lowest BCUT2D eigenvalue weighted by Crippen LogP contribution is -2.44. The number of aromatic nitrogens is 3. The van der Waals surface area contributed by atoms with E-state index >= 15 is 0 Å². The SMILES string of the molecule is CC1COCCN1c1nc(Cl)nc2nc(-c3ccc(Cl)cc3)ccc12. The Morgan fingerprint density at radius 1 is 1.04 bits per heavy atom. The normalized spacial score (nSPS) is 17.9. The predicted molar refractivity (Wildman–Crippen MR) is 100 cm³/mol. The Bertz CT molecular complexity index is 917. The molecule has 5 nitrogen and oxygen atoms in total. The van der Waals surface area contributed by atoms with E-state index in [9.17, 15) is 0 Å². The van der Waals surface area contributed by atoms with Crippen LogP contribution in [0.3, 0.4) is 0 Å². The number of halogens is 2. The second-order valence-electron chi connectivity index (χ2n) is 6.01. The summed E-state index contributed by atoms with van der Waals surface area (Å²) < 4.78 is 5.52. The molecule has 1 saturated heterocycles. The Kier molecular flexibility index (Phi) is 4.46. The van der Waals surface area contributed by atoms with Gasteiger partial charge >= 0.3 is 0 Å². The molecule has 2 aromatic heterocycles. The lowest BCUT2D eigenvalue weighted by Gasteiger charge is -2.34. The maximum atomic E-state index is 6.17. The van der Waals surface area contributed by atoms with Gasteiger partial charge in [0.25, 0.3) is 0 Å². The quantitative estimate of drug-likeness (QED) is 0.628. The van der Waals surface area contributed by atoms with Crippen molar-refractivity contribution in [3.05, 3.63) is 46.7 Å². The molecular formula is C18H16Cl2N4O. The fourth-order valence-corrected chi connectivity index (χ4v) is 3.30. The smallest absolute Gasteiger partial charge is 0.226 e. The van der Waals surface area contributed by atoms with E-state index in [1.165, 1.54) is 0 Å². The number of morpholine rings is 1. The second-order valence-corrected chi connectivity index (χ2v) is 6.78. The summed E-state index contributed by atoms with van der Waals surface area (Å²) in [6, 6.07) is 11.7. The molecule has 0 N–H and O–H groups in total. The first-order valence-electron chi connectivity index (χ1n) is 8.06. The molecule has 4 rings (SSSR count). The van der Waals surface area contributed by atoms with E-state index in [2.05, 4.69) is 26.8 Å². The van der Waals surface area contributed by atoms with E-state index in [0.29, 0.717) is 23.9 Å². The predicted octanol–water partition coefficient (Wildman–Crippen LogP) is 4.22. The molecule has 0 bridgehead atoms. The summed E-state index contributed by atoms with van der Waals surface area (Å²) in [7, 11) is 0. The van der Waals surface area contributed by atoms with Crippen molar-refractivity contribution in [3.8, 4) is 11.3 Å². The van der Waals surface area contributed by atoms with E-state index in [1.54, 1.807) is 0 Å². The zero-order valence-electron chi connectivity index (χ0n) is 13.6. The Balaban J connectivity index is 1.82. The zero-order valence-corrected chi connectivity index (χ0v) is 15.1. The summed E-state index contributed by atoms with van der Waals surface area (Å²) in [5.41, 5.74) is 2.38. The van der Waals surface area contributed by atoms with Crippen LogP contribution < -0.4 is 4.90 Å². The number of anilines is 1. The monoisotopic (exact) mass is 374 g/mol. The van der Waals surface area contributed by atoms with Gasteiger partial charge in [-0.2, -0.15) is 9.97 Å². The number of hydrogen-bond acceptors (Lipinski definition) is 5. The van der Waals surface area contributed by atoms with Gasteiger partial charge in [0.2, 0.25) is 5.28 Å². The molecule has 1 aliphatic heterocycles. The topological polar surface area (TPSA) is 51.1 Å². The Morgan fingerprint density at radius 3 is 2.60 bits per heavy atom. The van der Waals surface area contributed by atoms with Crippen molar-refractivity contribution in [1.82, 2.24) is 15.0 Å². The van der Waals surface area contributed by atoms with Gasteiger partial charge in [0.1, 0.15) is 5.82 Å². The first-order chi connectivity index (χ1) is 12.1. The largest absolute Gasteiger partial charge is 0.377 e. The molecule has 7 heteroatoms. The number of benzene rings is 1. The van der Waals surface area contributed by atoms with Crippen LogP contribution in [-0.4, -0.2) is 40.8 Å². The lowest BCUT2D eigenvalue weighted by atomic mass is 10.1. The number of rotatable bonds is 2. The number of ether oxygens (including phenoxy) is 1. The van der Waals surface area contributed by atoms with Gasteiger partial charge in [-0.15, -0.1) is 0 Å². The van der Waals surface area contributed by atoms with Gasteiger partial charge in [0.05, 0.1) is 30.3 Å². The summed E-state index contributed by atoms with van der Waals surface area (Å²) in [6.07, 6.45) is 0. The lowest BCUT2D eigenvalue weighted by molar-refractivity contribution is 0.0987. The minimum atomic E-state index is 0.196. The highest BCUT2D eigenvalue weighted by Crippen LogP contribution is 2.29. The minimum Gasteiger partial charge on any atom is -0.377 e. The molecule has 0 aliphatic carbocycles. The van der Waals surface area contributed by atoms with Crippen LogP contribution in [0.1, 0.15) is 6.92 Å². The molecule has 128 valence electrons. The fraction of sp³-hybridized carbons (Fsp3) is 0.278. The highest BCUT2D eigenvalue weighted by molar-refractivity contribution is 6.30. The summed E-state index contributed by atoms with van der Waals surface area (Å²) in [4.78, 5) is 15.7. The Hall–Kier alpha value is -1.95. The molecule has 3 heterocycles. The van der Waals surface area contributed by atoms with Crippen LogP contribution >= 0.6 is 23.2 Å². The van der Waals surface area contributed by atoms with E-state index in [-0.39, 0.29) is 11.3 Å². The van der Waals surface area contributed by atoms with Gasteiger partial charge in [-0.05, 0) is 42.8 Å². The van der Waals surface area contributed by atoms with Crippen LogP contribution in [-0.2, 0) is 4.74 Å². The van der Waals surface area contributed by atoms with Gasteiger partial charge in [0, 0.05) is 17.1 Å². The third-order valence-electron chi connectivity index (χ3n) is 4.29. The molecule has 1 aromatic carbocycles. The van der Waals surface area contributed by atoms with Gasteiger partial charge in [-0.3, -0.25) is 0 Å². The van der Waals surface area contributed by atoms with E-state index < -0.39 is 0 Å². The van der Waals surface area contributed by atoms with Crippen molar-refractivity contribution < 1.29 is 4.74 Å². The van der Waals surface area contributed by atoms with Crippen molar-refractivity contribution in [2.45, 2.75) is 13.0 Å². The molecule has 1 aliphatic rings. The number of hydrogen-bond donors (Lipinski definition) is 0. The van der Waals surface area contributed by atoms with Crippen LogP contribution in [0.25, 0.3) is 22.3 Å². The summed E-state index contributed by atoms with van der Waals surface area (Å²) in [6.45, 7) is 4.21. The summed E-state index contributed by atoms with van der Waals surface area (Å²) in [5.74, 6) is 0.806. The highest BCUT2D eigenvalue weighted by atomic mass is 35.5. The van der Waals surface area contributed by atoms with Gasteiger partial charge in [-0.1, -0.05) is 23.7 Å². The number of pyridine rings is 1. The van der Waals surface area contributed by atoms with E-state index in [1.807, 2.05) is 36.4 Å². The van der Waals surface area contributed by atoms with Crippen LogP contribution in [0.15, 0.2) is 36.4 Å². The van der Waals surface area contributed by atoms with Crippen molar-refractivity contribution >= 4 is 40.1 Å². The zero-order chi connectivity index (χ0) is 17.4. The molecular weight excluding hydrogens is 359 g/mol. The van der Waals surface area contributed by atoms with Crippen LogP contribution in [0.4, 0.5) is 5.82 Å². The maximum Gasteiger partial charge on any atom is 0.226 e. The first-order valence-corrected chi connectivity index (χ1v) is 8.82.